The first-order valence-corrected chi connectivity index (χ1v) is 10.6. The van der Waals surface area contributed by atoms with Gasteiger partial charge in [0.15, 0.2) is 12.4 Å². The van der Waals surface area contributed by atoms with Gasteiger partial charge in [0.2, 0.25) is 10.0 Å². The number of sulfonamides is 1. The van der Waals surface area contributed by atoms with Gasteiger partial charge in [0, 0.05) is 31.8 Å². The van der Waals surface area contributed by atoms with Crippen LogP contribution in [0.25, 0.3) is 0 Å². The largest absolute Gasteiger partial charge is 0.456 e. The van der Waals surface area contributed by atoms with Crippen molar-refractivity contribution in [1.82, 2.24) is 4.31 Å². The zero-order chi connectivity index (χ0) is 22.3. The summed E-state index contributed by atoms with van der Waals surface area (Å²) in [6, 6.07) is 13.1. The summed E-state index contributed by atoms with van der Waals surface area (Å²) in [5.41, 5.74) is 1.31. The quantitative estimate of drug-likeness (QED) is 0.481. The predicted molar refractivity (Wildman–Crippen MR) is 112 cm³/mol. The third kappa shape index (κ3) is 6.23. The molecule has 0 atom stereocenters. The monoisotopic (exact) mass is 432 g/mol. The van der Waals surface area contributed by atoms with Crippen molar-refractivity contribution in [2.45, 2.75) is 24.7 Å². The third-order valence-electron chi connectivity index (χ3n) is 4.25. The van der Waals surface area contributed by atoms with Crippen LogP contribution in [0.4, 0.5) is 5.69 Å². The van der Waals surface area contributed by atoms with Crippen molar-refractivity contribution in [2.24, 2.45) is 0 Å². The van der Waals surface area contributed by atoms with Crippen LogP contribution < -0.4 is 5.32 Å². The highest BCUT2D eigenvalue weighted by molar-refractivity contribution is 7.89. The molecule has 160 valence electrons. The molecule has 30 heavy (non-hydrogen) atoms. The number of hydrogen-bond acceptors (Lipinski definition) is 6. The zero-order valence-corrected chi connectivity index (χ0v) is 17.9. The Morgan fingerprint density at radius 2 is 1.67 bits per heavy atom. The number of aryl methyl sites for hydroxylation is 1. The molecule has 0 aliphatic carbocycles. The number of carbonyl (C=O) groups excluding carboxylic acids is 3. The van der Waals surface area contributed by atoms with E-state index in [2.05, 4.69) is 5.32 Å². The molecule has 0 unspecified atom stereocenters. The molecule has 9 heteroatoms. The normalized spacial score (nSPS) is 11.2. The van der Waals surface area contributed by atoms with Crippen LogP contribution in [-0.2, 0) is 24.3 Å². The summed E-state index contributed by atoms with van der Waals surface area (Å²) in [4.78, 5) is 35.9. The Labute approximate surface area is 175 Å². The molecule has 1 N–H and O–H groups in total. The van der Waals surface area contributed by atoms with Crippen LogP contribution in [0.1, 0.15) is 28.8 Å². The fraction of sp³-hybridized carbons (Fsp3) is 0.286. The maximum Gasteiger partial charge on any atom is 0.306 e. The first kappa shape index (κ1) is 23.2. The van der Waals surface area contributed by atoms with Gasteiger partial charge >= 0.3 is 5.97 Å². The number of ketones is 1. The molecule has 1 amide bonds. The molecule has 0 heterocycles. The Balaban J connectivity index is 1.87. The molecule has 0 aliphatic heterocycles. The number of benzene rings is 2. The minimum absolute atomic E-state index is 0.0197. The van der Waals surface area contributed by atoms with Crippen molar-refractivity contribution in [3.8, 4) is 0 Å². The smallest absolute Gasteiger partial charge is 0.306 e. The summed E-state index contributed by atoms with van der Waals surface area (Å²) in [7, 11) is -0.828. The van der Waals surface area contributed by atoms with Gasteiger partial charge in [-0.05, 0) is 24.6 Å². The molecular weight excluding hydrogens is 408 g/mol. The average molecular weight is 432 g/mol. The van der Waals surface area contributed by atoms with Crippen LogP contribution in [0.15, 0.2) is 53.4 Å². The molecular formula is C21H24N2O6S. The summed E-state index contributed by atoms with van der Waals surface area (Å²) >= 11 is 0. The molecule has 2 rings (SSSR count). The minimum atomic E-state index is -3.67. The van der Waals surface area contributed by atoms with E-state index >= 15 is 0 Å². The first-order valence-electron chi connectivity index (χ1n) is 9.18. The van der Waals surface area contributed by atoms with Gasteiger partial charge < -0.3 is 10.1 Å². The number of anilines is 1. The van der Waals surface area contributed by atoms with E-state index in [1.807, 2.05) is 0 Å². The Morgan fingerprint density at radius 1 is 1.00 bits per heavy atom. The van der Waals surface area contributed by atoms with Crippen molar-refractivity contribution >= 4 is 33.4 Å². The number of nitrogens with zero attached hydrogens (tertiary/aromatic N) is 1. The molecule has 0 radical (unpaired) electrons. The number of Topliss-reactive ketones (excluding diaryl/α,β-unsaturated/α-hetero) is 1. The van der Waals surface area contributed by atoms with Crippen LogP contribution in [0.2, 0.25) is 0 Å². The molecule has 2 aromatic carbocycles. The van der Waals surface area contributed by atoms with E-state index in [0.717, 1.165) is 4.31 Å². The lowest BCUT2D eigenvalue weighted by Gasteiger charge is -2.15. The summed E-state index contributed by atoms with van der Waals surface area (Å²) in [5, 5.41) is 2.50. The number of ether oxygens (including phenoxy) is 1. The number of nitrogens with one attached hydrogen (secondary N) is 1. The lowest BCUT2D eigenvalue weighted by Crippen LogP contribution is -2.24. The van der Waals surface area contributed by atoms with E-state index in [4.69, 9.17) is 4.74 Å². The van der Waals surface area contributed by atoms with Gasteiger partial charge in [-0.25, -0.2) is 12.7 Å². The highest BCUT2D eigenvalue weighted by Gasteiger charge is 2.20. The van der Waals surface area contributed by atoms with E-state index in [9.17, 15) is 22.8 Å². The number of carbonyl (C=O) groups is 3. The van der Waals surface area contributed by atoms with Gasteiger partial charge in [0.05, 0.1) is 11.3 Å². The third-order valence-corrected chi connectivity index (χ3v) is 6.20. The summed E-state index contributed by atoms with van der Waals surface area (Å²) < 4.78 is 30.7. The lowest BCUT2D eigenvalue weighted by atomic mass is 10.1. The average Bonchev–Trinajstić information content (AvgIpc) is 2.72. The van der Waals surface area contributed by atoms with Crippen LogP contribution >= 0.6 is 0 Å². The lowest BCUT2D eigenvalue weighted by molar-refractivity contribution is -0.147. The number of amides is 1. The van der Waals surface area contributed by atoms with Crippen molar-refractivity contribution in [3.63, 3.8) is 0 Å². The molecule has 0 bridgehead atoms. The Morgan fingerprint density at radius 3 is 2.30 bits per heavy atom. The standard InChI is InChI=1S/C21H24N2O6S/c1-15-9-10-17(13-19(15)30(27,28)23(2)3)22-20(25)14-29-21(26)12-11-18(24)16-7-5-4-6-8-16/h4-10,13H,11-12,14H2,1-3H3,(H,22,25). The fourth-order valence-corrected chi connectivity index (χ4v) is 3.70. The second kappa shape index (κ2) is 10.1. The SMILES string of the molecule is Cc1ccc(NC(=O)COC(=O)CCC(=O)c2ccccc2)cc1S(=O)(=O)N(C)C. The highest BCUT2D eigenvalue weighted by Crippen LogP contribution is 2.22. The second-order valence-electron chi connectivity index (χ2n) is 6.77. The van der Waals surface area contributed by atoms with E-state index in [0.29, 0.717) is 11.1 Å². The Hall–Kier alpha value is -3.04. The molecule has 0 saturated carbocycles. The number of esters is 1. The van der Waals surface area contributed by atoms with Gasteiger partial charge in [0.25, 0.3) is 5.91 Å². The van der Waals surface area contributed by atoms with Gasteiger partial charge in [-0.15, -0.1) is 0 Å². The molecule has 0 fully saturated rings. The van der Waals surface area contributed by atoms with Crippen molar-refractivity contribution in [2.75, 3.05) is 26.0 Å². The Kier molecular flexibility index (Phi) is 7.85. The van der Waals surface area contributed by atoms with E-state index < -0.39 is 28.5 Å². The number of rotatable bonds is 9. The van der Waals surface area contributed by atoms with Gasteiger partial charge in [-0.3, -0.25) is 14.4 Å². The van der Waals surface area contributed by atoms with Crippen LogP contribution in [0, 0.1) is 6.92 Å². The molecule has 0 saturated heterocycles. The first-order chi connectivity index (χ1) is 14.1. The van der Waals surface area contributed by atoms with E-state index in [1.54, 1.807) is 49.4 Å². The van der Waals surface area contributed by atoms with Crippen LogP contribution in [0.5, 0.6) is 0 Å². The van der Waals surface area contributed by atoms with E-state index in [1.165, 1.54) is 20.2 Å². The van der Waals surface area contributed by atoms with Gasteiger partial charge in [-0.1, -0.05) is 36.4 Å². The zero-order valence-electron chi connectivity index (χ0n) is 17.0. The second-order valence-corrected chi connectivity index (χ2v) is 8.89. The summed E-state index contributed by atoms with van der Waals surface area (Å²) in [6.07, 6.45) is -0.162. The molecule has 8 nitrogen and oxygen atoms in total. The number of hydrogen-bond donors (Lipinski definition) is 1. The van der Waals surface area contributed by atoms with Crippen LogP contribution in [-0.4, -0.2) is 51.1 Å². The Bertz CT molecular complexity index is 1030. The minimum Gasteiger partial charge on any atom is -0.456 e. The molecule has 2 aromatic rings. The van der Waals surface area contributed by atoms with E-state index in [-0.39, 0.29) is 29.2 Å². The fourth-order valence-electron chi connectivity index (χ4n) is 2.55. The van der Waals surface area contributed by atoms with Crippen molar-refractivity contribution in [3.05, 3.63) is 59.7 Å². The predicted octanol–water partition coefficient (Wildman–Crippen LogP) is 2.39. The summed E-state index contributed by atoms with van der Waals surface area (Å²) in [6.45, 7) is 1.11. The topological polar surface area (TPSA) is 110 Å². The molecule has 0 aromatic heterocycles. The highest BCUT2D eigenvalue weighted by atomic mass is 32.2. The van der Waals surface area contributed by atoms with Gasteiger partial charge in [-0.2, -0.15) is 0 Å². The maximum absolute atomic E-state index is 12.4. The molecule has 0 aliphatic rings. The summed E-state index contributed by atoms with van der Waals surface area (Å²) in [5.74, 6) is -1.48. The maximum atomic E-state index is 12.4. The molecule has 0 spiro atoms. The van der Waals surface area contributed by atoms with Crippen LogP contribution in [0.3, 0.4) is 0 Å². The van der Waals surface area contributed by atoms with Crippen molar-refractivity contribution < 1.29 is 27.5 Å². The van der Waals surface area contributed by atoms with Gasteiger partial charge in [0.1, 0.15) is 0 Å². The van der Waals surface area contributed by atoms with Crippen molar-refractivity contribution in [1.29, 1.82) is 0 Å².